The van der Waals surface area contributed by atoms with Crippen molar-refractivity contribution in [3.8, 4) is 0 Å². The van der Waals surface area contributed by atoms with E-state index < -0.39 is 0 Å². The van der Waals surface area contributed by atoms with Gasteiger partial charge in [-0.25, -0.2) is 0 Å². The number of ether oxygens (including phenoxy) is 1. The molecule has 0 aromatic carbocycles. The average molecular weight is 384 g/mol. The standard InChI is InChI=1S/C13H28N4O.HI/c1-14-13(16-11-12-5-6-12)15-7-9-17(2)8-4-10-18-3;/h12H,4-11H2,1-3H3,(H2,14,15,16);1H. The van der Waals surface area contributed by atoms with Gasteiger partial charge in [-0.3, -0.25) is 4.99 Å². The van der Waals surface area contributed by atoms with Gasteiger partial charge in [-0.15, -0.1) is 24.0 Å². The average Bonchev–Trinajstić information content (AvgIpc) is 3.18. The summed E-state index contributed by atoms with van der Waals surface area (Å²) in [6.45, 7) is 4.91. The summed E-state index contributed by atoms with van der Waals surface area (Å²) in [7, 11) is 5.71. The van der Waals surface area contributed by atoms with Crippen molar-refractivity contribution in [3.63, 3.8) is 0 Å². The van der Waals surface area contributed by atoms with Gasteiger partial charge >= 0.3 is 0 Å². The summed E-state index contributed by atoms with van der Waals surface area (Å²) in [5.74, 6) is 1.80. The van der Waals surface area contributed by atoms with E-state index in [2.05, 4.69) is 27.6 Å². The molecule has 1 saturated carbocycles. The van der Waals surface area contributed by atoms with Crippen molar-refractivity contribution in [2.75, 3.05) is 54.0 Å². The Bertz CT molecular complexity index is 247. The number of likely N-dealkylation sites (N-methyl/N-ethyl adjacent to an activating group) is 1. The smallest absolute Gasteiger partial charge is 0.191 e. The maximum atomic E-state index is 5.04. The van der Waals surface area contributed by atoms with Crippen LogP contribution < -0.4 is 10.6 Å². The van der Waals surface area contributed by atoms with Crippen molar-refractivity contribution >= 4 is 29.9 Å². The van der Waals surface area contributed by atoms with Crippen LogP contribution in [0.3, 0.4) is 0 Å². The first-order chi connectivity index (χ1) is 8.76. The SMILES string of the molecule is CN=C(NCCN(C)CCCOC)NCC1CC1.I. The van der Waals surface area contributed by atoms with Gasteiger partial charge in [0.05, 0.1) is 0 Å². The van der Waals surface area contributed by atoms with Crippen molar-refractivity contribution in [1.29, 1.82) is 0 Å². The third kappa shape index (κ3) is 10.4. The summed E-state index contributed by atoms with van der Waals surface area (Å²) < 4.78 is 5.04. The number of nitrogens with one attached hydrogen (secondary N) is 2. The van der Waals surface area contributed by atoms with E-state index in [0.29, 0.717) is 0 Å². The Balaban J connectivity index is 0.00000324. The zero-order valence-corrected chi connectivity index (χ0v) is 14.8. The van der Waals surface area contributed by atoms with Gasteiger partial charge in [0.25, 0.3) is 0 Å². The lowest BCUT2D eigenvalue weighted by Crippen LogP contribution is -2.41. The Kier molecular flexibility index (Phi) is 11.7. The Morgan fingerprint density at radius 2 is 2.05 bits per heavy atom. The number of hydrogen-bond donors (Lipinski definition) is 2. The van der Waals surface area contributed by atoms with Crippen LogP contribution in [0.4, 0.5) is 0 Å². The van der Waals surface area contributed by atoms with Crippen LogP contribution in [0.1, 0.15) is 19.3 Å². The van der Waals surface area contributed by atoms with E-state index >= 15 is 0 Å². The maximum Gasteiger partial charge on any atom is 0.191 e. The van der Waals surface area contributed by atoms with Gasteiger partial charge < -0.3 is 20.3 Å². The molecule has 6 heteroatoms. The third-order valence-electron chi connectivity index (χ3n) is 3.15. The molecule has 2 N–H and O–H groups in total. The molecule has 0 amide bonds. The summed E-state index contributed by atoms with van der Waals surface area (Å²) in [6.07, 6.45) is 3.82. The summed E-state index contributed by atoms with van der Waals surface area (Å²) in [5.41, 5.74) is 0. The second kappa shape index (κ2) is 11.7. The maximum absolute atomic E-state index is 5.04. The number of halogens is 1. The van der Waals surface area contributed by atoms with Crippen LogP contribution >= 0.6 is 24.0 Å². The fraction of sp³-hybridized carbons (Fsp3) is 0.923. The van der Waals surface area contributed by atoms with Crippen molar-refractivity contribution in [2.24, 2.45) is 10.9 Å². The van der Waals surface area contributed by atoms with E-state index in [1.807, 2.05) is 7.05 Å². The molecule has 0 atom stereocenters. The lowest BCUT2D eigenvalue weighted by atomic mass is 10.4. The second-order valence-corrected chi connectivity index (χ2v) is 4.97. The first kappa shape index (κ1) is 18.9. The quantitative estimate of drug-likeness (QED) is 0.271. The minimum atomic E-state index is 0. The Morgan fingerprint density at radius 3 is 2.63 bits per heavy atom. The van der Waals surface area contributed by atoms with Crippen LogP contribution in [-0.4, -0.2) is 64.9 Å². The molecular weight excluding hydrogens is 355 g/mol. The Labute approximate surface area is 134 Å². The molecule has 0 radical (unpaired) electrons. The molecule has 0 saturated heterocycles. The van der Waals surface area contributed by atoms with Crippen molar-refractivity contribution in [1.82, 2.24) is 15.5 Å². The molecule has 1 aliphatic rings. The predicted octanol–water partition coefficient (Wildman–Crippen LogP) is 1.15. The highest BCUT2D eigenvalue weighted by Gasteiger charge is 2.20. The molecule has 0 aliphatic heterocycles. The highest BCUT2D eigenvalue weighted by Crippen LogP contribution is 2.27. The van der Waals surface area contributed by atoms with E-state index in [0.717, 1.165) is 51.1 Å². The monoisotopic (exact) mass is 384 g/mol. The lowest BCUT2D eigenvalue weighted by molar-refractivity contribution is 0.180. The molecule has 1 aliphatic carbocycles. The van der Waals surface area contributed by atoms with E-state index in [1.165, 1.54) is 12.8 Å². The summed E-state index contributed by atoms with van der Waals surface area (Å²) >= 11 is 0. The molecule has 19 heavy (non-hydrogen) atoms. The largest absolute Gasteiger partial charge is 0.385 e. The van der Waals surface area contributed by atoms with Gasteiger partial charge in [-0.1, -0.05) is 0 Å². The first-order valence-corrected chi connectivity index (χ1v) is 6.88. The van der Waals surface area contributed by atoms with Gasteiger partial charge in [0.2, 0.25) is 0 Å². The molecule has 1 rings (SSSR count). The van der Waals surface area contributed by atoms with Gasteiger partial charge in [-0.2, -0.15) is 0 Å². The highest BCUT2D eigenvalue weighted by atomic mass is 127. The van der Waals surface area contributed by atoms with E-state index in [-0.39, 0.29) is 24.0 Å². The van der Waals surface area contributed by atoms with Gasteiger partial charge in [0.1, 0.15) is 0 Å². The normalized spacial score (nSPS) is 15.3. The van der Waals surface area contributed by atoms with Crippen LogP contribution in [0.25, 0.3) is 0 Å². The lowest BCUT2D eigenvalue weighted by Gasteiger charge is -2.18. The minimum Gasteiger partial charge on any atom is -0.385 e. The van der Waals surface area contributed by atoms with E-state index in [9.17, 15) is 0 Å². The molecule has 0 heterocycles. The molecule has 0 bridgehead atoms. The molecule has 0 unspecified atom stereocenters. The van der Waals surface area contributed by atoms with Crippen LogP contribution in [0, 0.1) is 5.92 Å². The minimum absolute atomic E-state index is 0. The molecule has 5 nitrogen and oxygen atoms in total. The first-order valence-electron chi connectivity index (χ1n) is 6.88. The van der Waals surface area contributed by atoms with E-state index in [4.69, 9.17) is 4.74 Å². The fourth-order valence-corrected chi connectivity index (χ4v) is 1.74. The Morgan fingerprint density at radius 1 is 1.32 bits per heavy atom. The van der Waals surface area contributed by atoms with Crippen molar-refractivity contribution in [2.45, 2.75) is 19.3 Å². The zero-order chi connectivity index (χ0) is 13.2. The molecular formula is C13H29IN4O. The topological polar surface area (TPSA) is 48.9 Å². The highest BCUT2D eigenvalue weighted by molar-refractivity contribution is 14.0. The summed E-state index contributed by atoms with van der Waals surface area (Å²) in [6, 6.07) is 0. The number of aliphatic imine (C=N–C) groups is 1. The number of nitrogens with zero attached hydrogens (tertiary/aromatic N) is 2. The predicted molar refractivity (Wildman–Crippen MR) is 91.5 cm³/mol. The summed E-state index contributed by atoms with van der Waals surface area (Å²) in [5, 5.41) is 6.70. The fourth-order valence-electron chi connectivity index (χ4n) is 1.74. The van der Waals surface area contributed by atoms with Crippen molar-refractivity contribution in [3.05, 3.63) is 0 Å². The van der Waals surface area contributed by atoms with Crippen LogP contribution in [-0.2, 0) is 4.74 Å². The summed E-state index contributed by atoms with van der Waals surface area (Å²) in [4.78, 5) is 6.52. The van der Waals surface area contributed by atoms with E-state index in [1.54, 1.807) is 7.11 Å². The number of hydrogen-bond acceptors (Lipinski definition) is 3. The molecule has 0 aromatic heterocycles. The molecule has 1 fully saturated rings. The molecule has 114 valence electrons. The molecule has 0 aromatic rings. The van der Waals surface area contributed by atoms with Gasteiger partial charge in [-0.05, 0) is 32.2 Å². The number of guanidine groups is 1. The van der Waals surface area contributed by atoms with Crippen LogP contribution in [0.5, 0.6) is 0 Å². The van der Waals surface area contributed by atoms with Crippen molar-refractivity contribution < 1.29 is 4.74 Å². The second-order valence-electron chi connectivity index (χ2n) is 4.97. The van der Waals surface area contributed by atoms with Gasteiger partial charge in [0.15, 0.2) is 5.96 Å². The van der Waals surface area contributed by atoms with Crippen LogP contribution in [0.2, 0.25) is 0 Å². The number of rotatable bonds is 9. The van der Waals surface area contributed by atoms with Gasteiger partial charge in [0, 0.05) is 46.9 Å². The number of methoxy groups -OCH3 is 1. The molecule has 0 spiro atoms. The van der Waals surface area contributed by atoms with Crippen LogP contribution in [0.15, 0.2) is 4.99 Å². The third-order valence-corrected chi connectivity index (χ3v) is 3.15. The Hall–Kier alpha value is -0.0800. The zero-order valence-electron chi connectivity index (χ0n) is 12.4.